The van der Waals surface area contributed by atoms with Crippen LogP contribution in [0.5, 0.6) is 5.75 Å². The summed E-state index contributed by atoms with van der Waals surface area (Å²) in [7, 11) is -2.25. The van der Waals surface area contributed by atoms with Crippen molar-refractivity contribution in [2.24, 2.45) is 5.92 Å². The minimum absolute atomic E-state index is 0.103. The Morgan fingerprint density at radius 1 is 1.24 bits per heavy atom. The molecule has 0 aromatic heterocycles. The molecule has 29 heavy (non-hydrogen) atoms. The van der Waals surface area contributed by atoms with Crippen LogP contribution in [0, 0.1) is 5.92 Å². The summed E-state index contributed by atoms with van der Waals surface area (Å²) >= 11 is 6.09. The van der Waals surface area contributed by atoms with Crippen LogP contribution in [-0.2, 0) is 21.2 Å². The maximum atomic E-state index is 13.0. The van der Waals surface area contributed by atoms with E-state index in [0.29, 0.717) is 31.7 Å². The fourth-order valence-corrected chi connectivity index (χ4v) is 5.32. The number of ether oxygens (including phenoxy) is 1. The zero-order chi connectivity index (χ0) is 20.9. The lowest BCUT2D eigenvalue weighted by Crippen LogP contribution is -2.45. The lowest BCUT2D eigenvalue weighted by atomic mass is 9.99. The predicted molar refractivity (Wildman–Crippen MR) is 113 cm³/mol. The molecular formula is C21H25ClN2O4S. The molecule has 1 N–H and O–H groups in total. The first kappa shape index (κ1) is 21.6. The number of benzene rings is 2. The fourth-order valence-electron chi connectivity index (χ4n) is 3.45. The maximum absolute atomic E-state index is 13.0. The molecule has 1 amide bonds. The van der Waals surface area contributed by atoms with Crippen LogP contribution in [0.25, 0.3) is 0 Å². The molecule has 1 saturated heterocycles. The largest absolute Gasteiger partial charge is 0.495 e. The average molecular weight is 437 g/mol. The van der Waals surface area contributed by atoms with Crippen LogP contribution in [0.1, 0.15) is 18.4 Å². The Balaban J connectivity index is 1.61. The number of hydrogen-bond donors (Lipinski definition) is 1. The van der Waals surface area contributed by atoms with Gasteiger partial charge in [0.2, 0.25) is 15.9 Å². The second-order valence-corrected chi connectivity index (χ2v) is 9.37. The Kier molecular flexibility index (Phi) is 7.16. The Morgan fingerprint density at radius 3 is 2.69 bits per heavy atom. The zero-order valence-corrected chi connectivity index (χ0v) is 17.9. The van der Waals surface area contributed by atoms with Gasteiger partial charge in [-0.1, -0.05) is 41.9 Å². The van der Waals surface area contributed by atoms with Gasteiger partial charge in [0.25, 0.3) is 0 Å². The van der Waals surface area contributed by atoms with Crippen LogP contribution in [0.2, 0.25) is 5.02 Å². The minimum Gasteiger partial charge on any atom is -0.495 e. The van der Waals surface area contributed by atoms with Gasteiger partial charge in [0.1, 0.15) is 5.75 Å². The number of carbonyl (C=O) groups excluding carboxylic acids is 1. The molecule has 8 heteroatoms. The number of halogens is 1. The summed E-state index contributed by atoms with van der Waals surface area (Å²) in [5.41, 5.74) is 1.15. The lowest BCUT2D eigenvalue weighted by molar-refractivity contribution is -0.126. The molecule has 0 saturated carbocycles. The third-order valence-electron chi connectivity index (χ3n) is 5.07. The summed E-state index contributed by atoms with van der Waals surface area (Å²) < 4.78 is 32.5. The minimum atomic E-state index is -3.73. The number of piperidine rings is 1. The first-order valence-electron chi connectivity index (χ1n) is 9.57. The van der Waals surface area contributed by atoms with E-state index in [2.05, 4.69) is 5.32 Å². The number of nitrogens with zero attached hydrogens (tertiary/aromatic N) is 1. The van der Waals surface area contributed by atoms with E-state index >= 15 is 0 Å². The number of rotatable bonds is 7. The third kappa shape index (κ3) is 5.29. The molecule has 156 valence electrons. The normalized spacial score (nSPS) is 17.7. The maximum Gasteiger partial charge on any atom is 0.243 e. The molecule has 3 rings (SSSR count). The van der Waals surface area contributed by atoms with Gasteiger partial charge in [0.05, 0.1) is 22.9 Å². The van der Waals surface area contributed by atoms with Gasteiger partial charge in [-0.25, -0.2) is 8.42 Å². The summed E-state index contributed by atoms with van der Waals surface area (Å²) in [6.45, 7) is 1.09. The summed E-state index contributed by atoms with van der Waals surface area (Å²) in [4.78, 5) is 12.7. The summed E-state index contributed by atoms with van der Waals surface area (Å²) in [6.07, 6.45) is 2.05. The van der Waals surface area contributed by atoms with Crippen molar-refractivity contribution in [3.63, 3.8) is 0 Å². The van der Waals surface area contributed by atoms with Crippen LogP contribution >= 0.6 is 11.6 Å². The molecule has 1 aliphatic heterocycles. The smallest absolute Gasteiger partial charge is 0.243 e. The van der Waals surface area contributed by atoms with Crippen molar-refractivity contribution in [2.45, 2.75) is 24.2 Å². The first-order chi connectivity index (χ1) is 13.9. The highest BCUT2D eigenvalue weighted by molar-refractivity contribution is 7.89. The zero-order valence-electron chi connectivity index (χ0n) is 16.3. The summed E-state index contributed by atoms with van der Waals surface area (Å²) in [5, 5.41) is 3.18. The number of methoxy groups -OCH3 is 1. The van der Waals surface area contributed by atoms with Gasteiger partial charge in [0.15, 0.2) is 0 Å². The lowest BCUT2D eigenvalue weighted by Gasteiger charge is -2.31. The van der Waals surface area contributed by atoms with Crippen LogP contribution in [-0.4, -0.2) is 45.4 Å². The Hall–Kier alpha value is -2.09. The van der Waals surface area contributed by atoms with E-state index in [1.807, 2.05) is 30.3 Å². The molecular weight excluding hydrogens is 412 g/mol. The quantitative estimate of drug-likeness (QED) is 0.723. The highest BCUT2D eigenvalue weighted by Crippen LogP contribution is 2.30. The van der Waals surface area contributed by atoms with E-state index in [1.54, 1.807) is 0 Å². The Morgan fingerprint density at radius 2 is 2.00 bits per heavy atom. The number of sulfonamides is 1. The average Bonchev–Trinajstić information content (AvgIpc) is 2.74. The molecule has 6 nitrogen and oxygen atoms in total. The van der Waals surface area contributed by atoms with Crippen LogP contribution in [0.4, 0.5) is 0 Å². The van der Waals surface area contributed by atoms with Crippen molar-refractivity contribution in [1.82, 2.24) is 9.62 Å². The SMILES string of the molecule is COc1ccc(S(=O)(=O)N2CCC[C@H](C(=O)NCCc3ccccc3)C2)cc1Cl. The van der Waals surface area contributed by atoms with Crippen LogP contribution in [0.15, 0.2) is 53.4 Å². The molecule has 2 aromatic rings. The molecule has 0 bridgehead atoms. The van der Waals surface area contributed by atoms with Crippen molar-refractivity contribution in [3.8, 4) is 5.75 Å². The molecule has 1 heterocycles. The Bertz CT molecular complexity index is 950. The standard InChI is InChI=1S/C21H25ClN2O4S/c1-28-20-10-9-18(14-19(20)22)29(26,27)24-13-5-8-17(15-24)21(25)23-12-11-16-6-3-2-4-7-16/h2-4,6-7,9-10,14,17H,5,8,11-13,15H2,1H3,(H,23,25)/t17-/m0/s1. The molecule has 1 aliphatic rings. The molecule has 1 fully saturated rings. The van der Waals surface area contributed by atoms with Gasteiger partial charge < -0.3 is 10.1 Å². The monoisotopic (exact) mass is 436 g/mol. The second-order valence-electron chi connectivity index (χ2n) is 7.03. The first-order valence-corrected chi connectivity index (χ1v) is 11.4. The predicted octanol–water partition coefficient (Wildman–Crippen LogP) is 3.11. The highest BCUT2D eigenvalue weighted by atomic mass is 35.5. The van der Waals surface area contributed by atoms with E-state index in [9.17, 15) is 13.2 Å². The van der Waals surface area contributed by atoms with E-state index in [-0.39, 0.29) is 28.3 Å². The van der Waals surface area contributed by atoms with E-state index < -0.39 is 10.0 Å². The van der Waals surface area contributed by atoms with Gasteiger partial charge in [-0.05, 0) is 43.0 Å². The molecule has 0 spiro atoms. The van der Waals surface area contributed by atoms with Crippen molar-refractivity contribution in [2.75, 3.05) is 26.7 Å². The van der Waals surface area contributed by atoms with Gasteiger partial charge >= 0.3 is 0 Å². The van der Waals surface area contributed by atoms with Crippen molar-refractivity contribution in [3.05, 3.63) is 59.1 Å². The molecule has 0 radical (unpaired) electrons. The number of nitrogens with one attached hydrogen (secondary N) is 1. The van der Waals surface area contributed by atoms with Gasteiger partial charge in [-0.15, -0.1) is 0 Å². The van der Waals surface area contributed by atoms with Crippen LogP contribution < -0.4 is 10.1 Å². The van der Waals surface area contributed by atoms with Crippen molar-refractivity contribution >= 4 is 27.5 Å². The van der Waals surface area contributed by atoms with E-state index in [4.69, 9.17) is 16.3 Å². The van der Waals surface area contributed by atoms with Gasteiger partial charge in [-0.3, -0.25) is 4.79 Å². The molecule has 0 aliphatic carbocycles. The summed E-state index contributed by atoms with van der Waals surface area (Å²) in [6, 6.07) is 14.3. The number of hydrogen-bond acceptors (Lipinski definition) is 4. The molecule has 2 aromatic carbocycles. The highest BCUT2D eigenvalue weighted by Gasteiger charge is 2.33. The number of carbonyl (C=O) groups is 1. The van der Waals surface area contributed by atoms with E-state index in [0.717, 1.165) is 12.0 Å². The van der Waals surface area contributed by atoms with Crippen molar-refractivity contribution in [1.29, 1.82) is 0 Å². The topological polar surface area (TPSA) is 75.7 Å². The third-order valence-corrected chi connectivity index (χ3v) is 7.23. The van der Waals surface area contributed by atoms with Gasteiger partial charge in [0, 0.05) is 19.6 Å². The van der Waals surface area contributed by atoms with Crippen LogP contribution in [0.3, 0.4) is 0 Å². The van der Waals surface area contributed by atoms with E-state index in [1.165, 1.54) is 29.6 Å². The second kappa shape index (κ2) is 9.61. The fraction of sp³-hybridized carbons (Fsp3) is 0.381. The number of amides is 1. The molecule has 0 unspecified atom stereocenters. The van der Waals surface area contributed by atoms with Crippen molar-refractivity contribution < 1.29 is 17.9 Å². The molecule has 1 atom stereocenters. The van der Waals surface area contributed by atoms with Gasteiger partial charge in [-0.2, -0.15) is 4.31 Å². The summed E-state index contributed by atoms with van der Waals surface area (Å²) in [5.74, 6) is -0.0449. The Labute approximate surface area is 176 Å².